The summed E-state index contributed by atoms with van der Waals surface area (Å²) in [7, 11) is -2.41. The first kappa shape index (κ1) is 16.0. The Hall–Kier alpha value is -1.38. The van der Waals surface area contributed by atoms with Crippen molar-refractivity contribution in [1.82, 2.24) is 0 Å². The zero-order chi connectivity index (χ0) is 15.6. The third kappa shape index (κ3) is 3.63. The molecular weight excluding hydrogens is 378 g/mol. The molecule has 5 nitrogen and oxygen atoms in total. The van der Waals surface area contributed by atoms with Gasteiger partial charge in [-0.05, 0) is 52.7 Å². The number of rotatable bonds is 4. The fourth-order valence-electron chi connectivity index (χ4n) is 1.60. The van der Waals surface area contributed by atoms with E-state index in [1.807, 2.05) is 6.92 Å². The second-order valence-electron chi connectivity index (χ2n) is 4.20. The van der Waals surface area contributed by atoms with Gasteiger partial charge in [-0.3, -0.25) is 4.72 Å². The first-order valence-corrected chi connectivity index (χ1v) is 8.90. The summed E-state index contributed by atoms with van der Waals surface area (Å²) in [6.45, 7) is 1.82. The van der Waals surface area contributed by atoms with Crippen LogP contribution in [-0.2, 0) is 14.8 Å². The summed E-state index contributed by atoms with van der Waals surface area (Å²) in [6.07, 6.45) is 0. The van der Waals surface area contributed by atoms with Gasteiger partial charge in [0.25, 0.3) is 10.0 Å². The predicted octanol–water partition coefficient (Wildman–Crippen LogP) is 3.41. The number of hydrogen-bond acceptors (Lipinski definition) is 5. The highest BCUT2D eigenvalue weighted by molar-refractivity contribution is 9.11. The number of esters is 1. The molecule has 1 heterocycles. The van der Waals surface area contributed by atoms with Crippen LogP contribution >= 0.6 is 27.3 Å². The van der Waals surface area contributed by atoms with Crippen LogP contribution < -0.4 is 4.72 Å². The van der Waals surface area contributed by atoms with E-state index in [4.69, 9.17) is 0 Å². The topological polar surface area (TPSA) is 72.5 Å². The lowest BCUT2D eigenvalue weighted by molar-refractivity contribution is 0.0601. The second-order valence-corrected chi connectivity index (χ2v) is 8.48. The van der Waals surface area contributed by atoms with Gasteiger partial charge in [0.2, 0.25) is 0 Å². The summed E-state index contributed by atoms with van der Waals surface area (Å²) in [5, 5.41) is 0. The van der Waals surface area contributed by atoms with Crippen molar-refractivity contribution in [3.05, 3.63) is 45.2 Å². The Kier molecular flexibility index (Phi) is 4.70. The minimum absolute atomic E-state index is 0.204. The molecule has 0 fully saturated rings. The van der Waals surface area contributed by atoms with Crippen molar-refractivity contribution in [2.75, 3.05) is 11.8 Å². The Morgan fingerprint density at radius 1 is 1.33 bits per heavy atom. The van der Waals surface area contributed by atoms with Crippen molar-refractivity contribution in [2.24, 2.45) is 0 Å². The van der Waals surface area contributed by atoms with Crippen LogP contribution in [0.4, 0.5) is 5.69 Å². The van der Waals surface area contributed by atoms with Gasteiger partial charge in [0.1, 0.15) is 4.21 Å². The molecule has 0 atom stereocenters. The first-order chi connectivity index (χ1) is 9.83. The number of aryl methyl sites for hydroxylation is 1. The number of halogens is 1. The molecule has 0 aliphatic heterocycles. The maximum atomic E-state index is 12.3. The van der Waals surface area contributed by atoms with Crippen LogP contribution in [0.15, 0.2) is 38.3 Å². The van der Waals surface area contributed by atoms with E-state index < -0.39 is 16.0 Å². The van der Waals surface area contributed by atoms with Gasteiger partial charge in [-0.1, -0.05) is 6.07 Å². The molecule has 0 unspecified atom stereocenters. The summed E-state index contributed by atoms with van der Waals surface area (Å²) < 4.78 is 32.6. The van der Waals surface area contributed by atoms with Crippen LogP contribution in [0.25, 0.3) is 0 Å². The average molecular weight is 390 g/mol. The van der Waals surface area contributed by atoms with E-state index in [0.29, 0.717) is 5.69 Å². The largest absolute Gasteiger partial charge is 0.465 e. The minimum Gasteiger partial charge on any atom is -0.465 e. The third-order valence-electron chi connectivity index (χ3n) is 2.64. The molecule has 0 spiro atoms. The maximum absolute atomic E-state index is 12.3. The molecular formula is C13H12BrNO4S2. The van der Waals surface area contributed by atoms with Gasteiger partial charge >= 0.3 is 5.97 Å². The first-order valence-electron chi connectivity index (χ1n) is 5.80. The van der Waals surface area contributed by atoms with E-state index in [-0.39, 0.29) is 9.77 Å². The molecule has 2 rings (SSSR count). The van der Waals surface area contributed by atoms with Crippen molar-refractivity contribution < 1.29 is 17.9 Å². The Balaban J connectivity index is 2.30. The molecule has 1 aromatic heterocycles. The summed E-state index contributed by atoms with van der Waals surface area (Å²) in [5.74, 6) is -0.522. The number of ether oxygens (including phenoxy) is 1. The molecule has 8 heteroatoms. The van der Waals surface area contributed by atoms with Crippen LogP contribution in [0.1, 0.15) is 15.9 Å². The molecule has 0 saturated heterocycles. The summed E-state index contributed by atoms with van der Waals surface area (Å²) in [6, 6.07) is 7.72. The van der Waals surface area contributed by atoms with Gasteiger partial charge < -0.3 is 4.74 Å². The molecule has 0 aliphatic carbocycles. The van der Waals surface area contributed by atoms with E-state index in [9.17, 15) is 13.2 Å². The molecule has 0 radical (unpaired) electrons. The number of hydrogen-bond donors (Lipinski definition) is 1. The normalized spacial score (nSPS) is 11.2. The predicted molar refractivity (Wildman–Crippen MR) is 85.3 cm³/mol. The second kappa shape index (κ2) is 6.17. The summed E-state index contributed by atoms with van der Waals surface area (Å²) in [4.78, 5) is 11.4. The van der Waals surface area contributed by atoms with Crippen LogP contribution in [0.3, 0.4) is 0 Å². The average Bonchev–Trinajstić information content (AvgIpc) is 2.78. The molecule has 2 aromatic rings. The van der Waals surface area contributed by atoms with Gasteiger partial charge in [0.05, 0.1) is 16.5 Å². The van der Waals surface area contributed by atoms with Crippen LogP contribution in [0.2, 0.25) is 0 Å². The van der Waals surface area contributed by atoms with E-state index in [2.05, 4.69) is 25.4 Å². The number of thiophene rings is 1. The van der Waals surface area contributed by atoms with Crippen molar-refractivity contribution in [3.8, 4) is 0 Å². The highest BCUT2D eigenvalue weighted by Crippen LogP contribution is 2.31. The third-order valence-corrected chi connectivity index (χ3v) is 6.63. The molecule has 0 aliphatic rings. The number of benzene rings is 1. The lowest BCUT2D eigenvalue weighted by Gasteiger charge is -2.07. The number of carbonyl (C=O) groups excluding carboxylic acids is 1. The zero-order valence-corrected chi connectivity index (χ0v) is 14.4. The molecule has 0 saturated carbocycles. The van der Waals surface area contributed by atoms with Crippen LogP contribution in [0.5, 0.6) is 0 Å². The van der Waals surface area contributed by atoms with E-state index in [1.54, 1.807) is 24.3 Å². The molecule has 1 aromatic carbocycles. The lowest BCUT2D eigenvalue weighted by atomic mass is 10.2. The fraction of sp³-hybridized carbons (Fsp3) is 0.154. The fourth-order valence-corrected chi connectivity index (χ4v) is 4.87. The van der Waals surface area contributed by atoms with Gasteiger partial charge in [-0.25, -0.2) is 13.2 Å². The Morgan fingerprint density at radius 2 is 2.05 bits per heavy atom. The van der Waals surface area contributed by atoms with Gasteiger partial charge in [0, 0.05) is 5.69 Å². The van der Waals surface area contributed by atoms with E-state index in [0.717, 1.165) is 20.7 Å². The molecule has 112 valence electrons. The Bertz CT molecular complexity index is 764. The van der Waals surface area contributed by atoms with Gasteiger partial charge in [-0.2, -0.15) is 0 Å². The Morgan fingerprint density at radius 3 is 2.62 bits per heavy atom. The van der Waals surface area contributed by atoms with Crippen LogP contribution in [0, 0.1) is 6.92 Å². The zero-order valence-electron chi connectivity index (χ0n) is 11.2. The van der Waals surface area contributed by atoms with Crippen molar-refractivity contribution in [1.29, 1.82) is 0 Å². The number of nitrogens with one attached hydrogen (secondary N) is 1. The minimum atomic E-state index is -3.68. The number of methoxy groups -OCH3 is 1. The van der Waals surface area contributed by atoms with E-state index in [1.165, 1.54) is 13.2 Å². The molecule has 1 N–H and O–H groups in total. The van der Waals surface area contributed by atoms with Crippen molar-refractivity contribution >= 4 is 48.9 Å². The van der Waals surface area contributed by atoms with Gasteiger partial charge in [0.15, 0.2) is 0 Å². The van der Waals surface area contributed by atoms with Crippen molar-refractivity contribution in [2.45, 2.75) is 11.1 Å². The summed E-state index contributed by atoms with van der Waals surface area (Å²) >= 11 is 4.43. The maximum Gasteiger partial charge on any atom is 0.337 e. The smallest absolute Gasteiger partial charge is 0.337 e. The van der Waals surface area contributed by atoms with Gasteiger partial charge in [-0.15, -0.1) is 11.3 Å². The highest BCUT2D eigenvalue weighted by atomic mass is 79.9. The van der Waals surface area contributed by atoms with Crippen molar-refractivity contribution in [3.63, 3.8) is 0 Å². The number of carbonyl (C=O) groups is 1. The number of anilines is 1. The molecule has 0 amide bonds. The quantitative estimate of drug-likeness (QED) is 0.813. The summed E-state index contributed by atoms with van der Waals surface area (Å²) in [5.41, 5.74) is 1.44. The highest BCUT2D eigenvalue weighted by Gasteiger charge is 2.19. The molecule has 0 bridgehead atoms. The number of sulfonamides is 1. The SMILES string of the molecule is COC(=O)c1cccc(NS(=O)(=O)c2cc(C)c(Br)s2)c1. The van der Waals surface area contributed by atoms with E-state index >= 15 is 0 Å². The Labute approximate surface area is 135 Å². The van der Waals surface area contributed by atoms with Crippen LogP contribution in [-0.4, -0.2) is 21.5 Å². The monoisotopic (exact) mass is 389 g/mol. The standard InChI is InChI=1S/C13H12BrNO4S2/c1-8-6-11(20-12(8)14)21(17,18)15-10-5-3-4-9(7-10)13(16)19-2/h3-7,15H,1-2H3. The molecule has 21 heavy (non-hydrogen) atoms. The lowest BCUT2D eigenvalue weighted by Crippen LogP contribution is -2.12.